The van der Waals surface area contributed by atoms with Crippen LogP contribution in [0.1, 0.15) is 50.2 Å². The molecule has 19 heavy (non-hydrogen) atoms. The predicted molar refractivity (Wildman–Crippen MR) is 75.2 cm³/mol. The largest absolute Gasteiger partial charge is 0.339 e. The van der Waals surface area contributed by atoms with E-state index in [9.17, 15) is 0 Å². The molecule has 1 saturated carbocycles. The third-order valence-electron chi connectivity index (χ3n) is 3.84. The summed E-state index contributed by atoms with van der Waals surface area (Å²) >= 11 is 0. The Morgan fingerprint density at radius 2 is 2.00 bits per heavy atom. The third-order valence-corrected chi connectivity index (χ3v) is 3.84. The van der Waals surface area contributed by atoms with Crippen LogP contribution in [-0.4, -0.2) is 48.3 Å². The summed E-state index contributed by atoms with van der Waals surface area (Å²) in [6, 6.07) is 0.678. The number of hydrogen-bond acceptors (Lipinski definition) is 5. The minimum Gasteiger partial charge on any atom is -0.339 e. The van der Waals surface area contributed by atoms with Gasteiger partial charge in [0.05, 0.1) is 0 Å². The highest BCUT2D eigenvalue weighted by Crippen LogP contribution is 2.31. The molecule has 1 N–H and O–H groups in total. The second-order valence-corrected chi connectivity index (χ2v) is 5.71. The molecule has 0 amide bonds. The Balaban J connectivity index is 1.82. The quantitative estimate of drug-likeness (QED) is 0.851. The average Bonchev–Trinajstić information content (AvgIpc) is 2.86. The Kier molecular flexibility index (Phi) is 5.34. The first-order valence-corrected chi connectivity index (χ1v) is 7.39. The molecule has 0 saturated heterocycles. The van der Waals surface area contributed by atoms with E-state index in [4.69, 9.17) is 4.52 Å². The maximum absolute atomic E-state index is 5.43. The molecule has 0 aliphatic heterocycles. The van der Waals surface area contributed by atoms with Gasteiger partial charge in [0.15, 0.2) is 5.82 Å². The Bertz CT molecular complexity index is 369. The molecule has 5 heteroatoms. The first-order chi connectivity index (χ1) is 9.19. The van der Waals surface area contributed by atoms with Gasteiger partial charge in [-0.05, 0) is 46.3 Å². The number of nitrogens with one attached hydrogen (secondary N) is 1. The molecule has 1 fully saturated rings. The lowest BCUT2D eigenvalue weighted by atomic mass is 9.86. The van der Waals surface area contributed by atoms with Crippen LogP contribution in [0, 0.1) is 0 Å². The van der Waals surface area contributed by atoms with E-state index in [-0.39, 0.29) is 0 Å². The number of hydrogen-bond donors (Lipinski definition) is 1. The molecule has 2 rings (SSSR count). The van der Waals surface area contributed by atoms with Gasteiger partial charge in [-0.3, -0.25) is 0 Å². The zero-order valence-electron chi connectivity index (χ0n) is 12.4. The maximum atomic E-state index is 5.43. The summed E-state index contributed by atoms with van der Waals surface area (Å²) in [6.45, 7) is 4.19. The molecule has 5 nitrogen and oxygen atoms in total. The van der Waals surface area contributed by atoms with Crippen LogP contribution in [0.3, 0.4) is 0 Å². The Morgan fingerprint density at radius 1 is 1.26 bits per heavy atom. The van der Waals surface area contributed by atoms with Gasteiger partial charge in [0.1, 0.15) is 0 Å². The lowest BCUT2D eigenvalue weighted by molar-refractivity contribution is 0.283. The van der Waals surface area contributed by atoms with Crippen molar-refractivity contribution in [2.75, 3.05) is 27.2 Å². The molecule has 0 radical (unpaired) electrons. The van der Waals surface area contributed by atoms with E-state index in [1.54, 1.807) is 0 Å². The summed E-state index contributed by atoms with van der Waals surface area (Å²) in [5.41, 5.74) is 0. The normalized spacial score (nSPS) is 24.0. The molecule has 1 aliphatic rings. The van der Waals surface area contributed by atoms with Gasteiger partial charge in [0.2, 0.25) is 5.89 Å². The van der Waals surface area contributed by atoms with E-state index in [2.05, 4.69) is 41.4 Å². The molecule has 1 heterocycles. The molecular formula is C14H26N4O. The molecule has 0 atom stereocenters. The van der Waals surface area contributed by atoms with Crippen LogP contribution >= 0.6 is 0 Å². The van der Waals surface area contributed by atoms with Crippen LogP contribution in [0.25, 0.3) is 0 Å². The zero-order chi connectivity index (χ0) is 13.7. The van der Waals surface area contributed by atoms with E-state index in [0.717, 1.165) is 44.1 Å². The van der Waals surface area contributed by atoms with Crippen LogP contribution in [0.4, 0.5) is 0 Å². The van der Waals surface area contributed by atoms with Gasteiger partial charge in [-0.2, -0.15) is 4.98 Å². The zero-order valence-corrected chi connectivity index (χ0v) is 12.4. The Morgan fingerprint density at radius 3 is 2.63 bits per heavy atom. The summed E-state index contributed by atoms with van der Waals surface area (Å²) < 4.78 is 5.43. The summed E-state index contributed by atoms with van der Waals surface area (Å²) in [7, 11) is 4.12. The molecule has 0 spiro atoms. The third kappa shape index (κ3) is 4.28. The Labute approximate surface area is 115 Å². The molecule has 1 aliphatic carbocycles. The van der Waals surface area contributed by atoms with E-state index < -0.39 is 0 Å². The lowest BCUT2D eigenvalue weighted by Crippen LogP contribution is -2.32. The Hall–Kier alpha value is -0.940. The standard InChI is InChI=1S/C14H26N4O/c1-4-15-12-7-5-11(6-8-12)14-16-13(17-19-14)9-10-18(2)3/h11-12,15H,4-10H2,1-3H3. The minimum absolute atomic E-state index is 0.468. The van der Waals surface area contributed by atoms with Crippen LogP contribution in [0.5, 0.6) is 0 Å². The number of aromatic nitrogens is 2. The molecular weight excluding hydrogens is 240 g/mol. The summed E-state index contributed by atoms with van der Waals surface area (Å²) in [4.78, 5) is 6.69. The molecule has 1 aromatic rings. The highest BCUT2D eigenvalue weighted by atomic mass is 16.5. The van der Waals surface area contributed by atoms with Crippen molar-refractivity contribution in [1.82, 2.24) is 20.4 Å². The minimum atomic E-state index is 0.468. The highest BCUT2D eigenvalue weighted by molar-refractivity contribution is 4.97. The molecule has 108 valence electrons. The van der Waals surface area contributed by atoms with E-state index in [1.807, 2.05) is 0 Å². The highest BCUT2D eigenvalue weighted by Gasteiger charge is 2.25. The molecule has 1 aromatic heterocycles. The molecule has 0 bridgehead atoms. The van der Waals surface area contributed by atoms with Crippen molar-refractivity contribution in [3.8, 4) is 0 Å². The van der Waals surface area contributed by atoms with Crippen LogP contribution in [-0.2, 0) is 6.42 Å². The van der Waals surface area contributed by atoms with Crippen molar-refractivity contribution in [2.45, 2.75) is 51.0 Å². The van der Waals surface area contributed by atoms with E-state index >= 15 is 0 Å². The summed E-state index contributed by atoms with van der Waals surface area (Å²) in [6.07, 6.45) is 5.62. The monoisotopic (exact) mass is 266 g/mol. The second kappa shape index (κ2) is 7.01. The molecule has 0 aromatic carbocycles. The van der Waals surface area contributed by atoms with Gasteiger partial charge < -0.3 is 14.7 Å². The summed E-state index contributed by atoms with van der Waals surface area (Å²) in [5.74, 6) is 2.16. The number of likely N-dealkylation sites (N-methyl/N-ethyl adjacent to an activating group) is 1. The second-order valence-electron chi connectivity index (χ2n) is 5.71. The van der Waals surface area contributed by atoms with Crippen molar-refractivity contribution in [2.24, 2.45) is 0 Å². The fraction of sp³-hybridized carbons (Fsp3) is 0.857. The fourth-order valence-corrected chi connectivity index (χ4v) is 2.69. The maximum Gasteiger partial charge on any atom is 0.229 e. The van der Waals surface area contributed by atoms with Crippen LogP contribution in [0.2, 0.25) is 0 Å². The van der Waals surface area contributed by atoms with Gasteiger partial charge in [-0.25, -0.2) is 0 Å². The van der Waals surface area contributed by atoms with Crippen molar-refractivity contribution < 1.29 is 4.52 Å². The molecule has 0 unspecified atom stereocenters. The average molecular weight is 266 g/mol. The number of rotatable bonds is 6. The van der Waals surface area contributed by atoms with Gasteiger partial charge in [0, 0.05) is 24.9 Å². The first-order valence-electron chi connectivity index (χ1n) is 7.39. The first kappa shape index (κ1) is 14.5. The fourth-order valence-electron chi connectivity index (χ4n) is 2.69. The topological polar surface area (TPSA) is 54.2 Å². The van der Waals surface area contributed by atoms with Crippen LogP contribution in [0.15, 0.2) is 4.52 Å². The SMILES string of the molecule is CCNC1CCC(c2nc(CCN(C)C)no2)CC1. The van der Waals surface area contributed by atoms with E-state index in [1.165, 1.54) is 12.8 Å². The van der Waals surface area contributed by atoms with Crippen molar-refractivity contribution >= 4 is 0 Å². The predicted octanol–water partition coefficient (Wildman–Crippen LogP) is 1.81. The van der Waals surface area contributed by atoms with Crippen molar-refractivity contribution in [3.63, 3.8) is 0 Å². The van der Waals surface area contributed by atoms with Gasteiger partial charge in [-0.15, -0.1) is 0 Å². The number of nitrogens with zero attached hydrogens (tertiary/aromatic N) is 3. The van der Waals surface area contributed by atoms with Gasteiger partial charge in [0.25, 0.3) is 0 Å². The van der Waals surface area contributed by atoms with E-state index in [0.29, 0.717) is 12.0 Å². The van der Waals surface area contributed by atoms with Gasteiger partial charge in [-0.1, -0.05) is 12.1 Å². The van der Waals surface area contributed by atoms with Crippen LogP contribution < -0.4 is 5.32 Å². The summed E-state index contributed by atoms with van der Waals surface area (Å²) in [5, 5.41) is 7.61. The van der Waals surface area contributed by atoms with Gasteiger partial charge >= 0.3 is 0 Å². The van der Waals surface area contributed by atoms with Crippen molar-refractivity contribution in [3.05, 3.63) is 11.7 Å². The lowest BCUT2D eigenvalue weighted by Gasteiger charge is -2.26. The smallest absolute Gasteiger partial charge is 0.229 e. The van der Waals surface area contributed by atoms with Crippen molar-refractivity contribution in [1.29, 1.82) is 0 Å².